The van der Waals surface area contributed by atoms with Gasteiger partial charge in [0, 0.05) is 26.6 Å². The van der Waals surface area contributed by atoms with Crippen LogP contribution < -0.4 is 5.32 Å². The van der Waals surface area contributed by atoms with Crippen LogP contribution >= 0.6 is 0 Å². The van der Waals surface area contributed by atoms with Crippen molar-refractivity contribution in [3.8, 4) is 0 Å². The SMILES string of the molecule is COCC(CNCc1ccccc1)OC(=O)OC1CC[C@]2(C)C(=CC[C@@H]3[C@H]4CC[C@@H]([C@@H](C)CCCC(C)C)[C@]4(C)CC[C@H]32)C1. The third kappa shape index (κ3) is 7.41. The predicted octanol–water partition coefficient (Wildman–Crippen LogP) is 9.35. The van der Waals surface area contributed by atoms with Crippen molar-refractivity contribution in [3.63, 3.8) is 0 Å². The average Bonchev–Trinajstić information content (AvgIpc) is 3.35. The van der Waals surface area contributed by atoms with E-state index in [0.717, 1.165) is 61.3 Å². The van der Waals surface area contributed by atoms with E-state index in [0.29, 0.717) is 18.6 Å². The Hall–Kier alpha value is -1.85. The van der Waals surface area contributed by atoms with Gasteiger partial charge in [-0.3, -0.25) is 0 Å². The first kappa shape index (κ1) is 33.5. The highest BCUT2D eigenvalue weighted by Crippen LogP contribution is 2.67. The minimum absolute atomic E-state index is 0.102. The van der Waals surface area contributed by atoms with Crippen molar-refractivity contribution >= 4 is 6.16 Å². The summed E-state index contributed by atoms with van der Waals surface area (Å²) in [5.74, 6) is 5.01. The van der Waals surface area contributed by atoms with Gasteiger partial charge < -0.3 is 19.5 Å². The fraction of sp³-hybridized carbons (Fsp3) is 0.769. The molecule has 0 bridgehead atoms. The van der Waals surface area contributed by atoms with Crippen LogP contribution in [0.15, 0.2) is 42.0 Å². The topological polar surface area (TPSA) is 56.8 Å². The molecule has 0 heterocycles. The third-order valence-electron chi connectivity index (χ3n) is 12.7. The molecule has 0 amide bonds. The van der Waals surface area contributed by atoms with Crippen LogP contribution in [0.4, 0.5) is 4.79 Å². The Bertz CT molecular complexity index is 1100. The molecule has 4 aliphatic rings. The summed E-state index contributed by atoms with van der Waals surface area (Å²) < 4.78 is 17.0. The maximum Gasteiger partial charge on any atom is 0.508 e. The fourth-order valence-electron chi connectivity index (χ4n) is 10.3. The molecular weight excluding hydrogens is 546 g/mol. The Morgan fingerprint density at radius 1 is 1.00 bits per heavy atom. The van der Waals surface area contributed by atoms with Crippen molar-refractivity contribution < 1.29 is 19.0 Å². The summed E-state index contributed by atoms with van der Waals surface area (Å²) in [6.07, 6.45) is 15.4. The summed E-state index contributed by atoms with van der Waals surface area (Å²) >= 11 is 0. The molecule has 1 aromatic carbocycles. The highest BCUT2D eigenvalue weighted by molar-refractivity contribution is 5.60. The maximum absolute atomic E-state index is 12.9. The van der Waals surface area contributed by atoms with Gasteiger partial charge in [-0.05, 0) is 96.8 Å². The number of ether oxygens (including phenoxy) is 3. The fourth-order valence-corrected chi connectivity index (χ4v) is 10.3. The quantitative estimate of drug-likeness (QED) is 0.179. The van der Waals surface area contributed by atoms with Gasteiger partial charge in [-0.25, -0.2) is 4.79 Å². The number of carbonyl (C=O) groups excluding carboxylic acids is 1. The lowest BCUT2D eigenvalue weighted by molar-refractivity contribution is -0.0659. The van der Waals surface area contributed by atoms with Gasteiger partial charge in [-0.2, -0.15) is 0 Å². The standard InChI is InChI=1S/C39H61NO4/c1-27(2)11-10-12-28(3)34-17-18-35-33-16-15-30-23-31(19-21-38(30,4)36(33)20-22-39(34,35)5)43-37(41)44-32(26-42-6)25-40-24-29-13-8-7-9-14-29/h7-9,13-15,27-28,31-36,40H,10-12,16-26H2,1-6H3/t28-,31?,32?,33+,34-,35+,36+,38+,39-/m0/s1. The molecular formula is C39H61NO4. The van der Waals surface area contributed by atoms with Gasteiger partial charge in [0.1, 0.15) is 12.2 Å². The second-order valence-corrected chi connectivity index (χ2v) is 15.8. The van der Waals surface area contributed by atoms with Gasteiger partial charge in [0.2, 0.25) is 0 Å². The summed E-state index contributed by atoms with van der Waals surface area (Å²) in [6.45, 7) is 14.1. The largest absolute Gasteiger partial charge is 0.508 e. The predicted molar refractivity (Wildman–Crippen MR) is 178 cm³/mol. The number of carbonyl (C=O) groups is 1. The van der Waals surface area contributed by atoms with Crippen LogP contribution in [-0.4, -0.2) is 38.6 Å². The number of rotatable bonds is 13. The van der Waals surface area contributed by atoms with Crippen LogP contribution in [0.2, 0.25) is 0 Å². The van der Waals surface area contributed by atoms with E-state index in [4.69, 9.17) is 14.2 Å². The normalized spacial score (nSPS) is 34.3. The van der Waals surface area contributed by atoms with Crippen LogP contribution in [-0.2, 0) is 20.8 Å². The number of allylic oxidation sites excluding steroid dienone is 1. The van der Waals surface area contributed by atoms with Crippen LogP contribution in [0.3, 0.4) is 0 Å². The molecule has 2 unspecified atom stereocenters. The van der Waals surface area contributed by atoms with Crippen molar-refractivity contribution in [2.24, 2.45) is 46.3 Å². The number of methoxy groups -OCH3 is 1. The Balaban J connectivity index is 1.14. The van der Waals surface area contributed by atoms with E-state index in [9.17, 15) is 4.79 Å². The van der Waals surface area contributed by atoms with E-state index in [1.165, 1.54) is 56.9 Å². The molecule has 0 aliphatic heterocycles. The monoisotopic (exact) mass is 607 g/mol. The van der Waals surface area contributed by atoms with Crippen LogP contribution in [0.5, 0.6) is 0 Å². The van der Waals surface area contributed by atoms with Gasteiger partial charge in [0.05, 0.1) is 6.61 Å². The van der Waals surface area contributed by atoms with Gasteiger partial charge in [0.25, 0.3) is 0 Å². The lowest BCUT2D eigenvalue weighted by atomic mass is 9.47. The van der Waals surface area contributed by atoms with Crippen LogP contribution in [0.25, 0.3) is 0 Å². The minimum Gasteiger partial charge on any atom is -0.431 e. The van der Waals surface area contributed by atoms with Crippen LogP contribution in [0.1, 0.15) is 111 Å². The lowest BCUT2D eigenvalue weighted by Gasteiger charge is -2.58. The second kappa shape index (κ2) is 14.7. The molecule has 5 heteroatoms. The molecule has 5 rings (SSSR count). The van der Waals surface area contributed by atoms with Crippen molar-refractivity contribution in [2.75, 3.05) is 20.3 Å². The Morgan fingerprint density at radius 3 is 2.55 bits per heavy atom. The first-order chi connectivity index (χ1) is 21.1. The van der Waals surface area contributed by atoms with E-state index in [1.54, 1.807) is 12.7 Å². The van der Waals surface area contributed by atoms with Gasteiger partial charge in [-0.1, -0.05) is 95.9 Å². The van der Waals surface area contributed by atoms with Crippen molar-refractivity contribution in [1.29, 1.82) is 0 Å². The first-order valence-electron chi connectivity index (χ1n) is 17.9. The molecule has 0 radical (unpaired) electrons. The minimum atomic E-state index is -0.565. The molecule has 44 heavy (non-hydrogen) atoms. The average molecular weight is 608 g/mol. The number of benzene rings is 1. The van der Waals surface area contributed by atoms with Crippen LogP contribution in [0, 0.1) is 46.3 Å². The molecule has 1 aromatic rings. The van der Waals surface area contributed by atoms with E-state index in [-0.39, 0.29) is 17.6 Å². The molecule has 4 aliphatic carbocycles. The number of fused-ring (bicyclic) bond motifs is 5. The zero-order valence-corrected chi connectivity index (χ0v) is 28.6. The summed E-state index contributed by atoms with van der Waals surface area (Å²) in [7, 11) is 1.64. The highest BCUT2D eigenvalue weighted by atomic mass is 16.7. The maximum atomic E-state index is 12.9. The number of hydrogen-bond acceptors (Lipinski definition) is 5. The Morgan fingerprint density at radius 2 is 1.80 bits per heavy atom. The van der Waals surface area contributed by atoms with Gasteiger partial charge in [-0.15, -0.1) is 0 Å². The van der Waals surface area contributed by atoms with E-state index < -0.39 is 6.16 Å². The molecule has 0 spiro atoms. The molecule has 9 atom stereocenters. The van der Waals surface area contributed by atoms with E-state index in [2.05, 4.69) is 58.1 Å². The molecule has 5 nitrogen and oxygen atoms in total. The zero-order chi connectivity index (χ0) is 31.3. The smallest absolute Gasteiger partial charge is 0.431 e. The van der Waals surface area contributed by atoms with Crippen molar-refractivity contribution in [2.45, 2.75) is 124 Å². The first-order valence-corrected chi connectivity index (χ1v) is 17.9. The summed E-state index contributed by atoms with van der Waals surface area (Å²) in [4.78, 5) is 12.9. The lowest BCUT2D eigenvalue weighted by Crippen LogP contribution is -2.51. The summed E-state index contributed by atoms with van der Waals surface area (Å²) in [5.41, 5.74) is 3.50. The molecule has 3 saturated carbocycles. The third-order valence-corrected chi connectivity index (χ3v) is 12.7. The second-order valence-electron chi connectivity index (χ2n) is 15.8. The summed E-state index contributed by atoms with van der Waals surface area (Å²) in [5, 5.41) is 3.38. The Kier molecular flexibility index (Phi) is 11.2. The Labute approximate surface area is 268 Å². The van der Waals surface area contributed by atoms with Crippen molar-refractivity contribution in [1.82, 2.24) is 5.32 Å². The van der Waals surface area contributed by atoms with Gasteiger partial charge in [0.15, 0.2) is 0 Å². The molecule has 1 N–H and O–H groups in total. The number of hydrogen-bond donors (Lipinski definition) is 1. The van der Waals surface area contributed by atoms with Gasteiger partial charge >= 0.3 is 6.16 Å². The van der Waals surface area contributed by atoms with Crippen molar-refractivity contribution in [3.05, 3.63) is 47.5 Å². The number of nitrogens with one attached hydrogen (secondary N) is 1. The molecule has 246 valence electrons. The summed E-state index contributed by atoms with van der Waals surface area (Å²) in [6, 6.07) is 10.2. The molecule has 0 saturated heterocycles. The molecule has 0 aromatic heterocycles. The van der Waals surface area contributed by atoms with E-state index >= 15 is 0 Å². The molecule has 3 fully saturated rings. The van der Waals surface area contributed by atoms with E-state index in [1.807, 2.05) is 18.2 Å². The zero-order valence-electron chi connectivity index (χ0n) is 28.6. The highest BCUT2D eigenvalue weighted by Gasteiger charge is 2.59.